The van der Waals surface area contributed by atoms with Crippen molar-refractivity contribution >= 4 is 11.8 Å². The molecule has 0 aromatic rings. The SMILES string of the molecule is CCC1CCCC2(C1)NC(C)(C)CS2. The van der Waals surface area contributed by atoms with Crippen LogP contribution in [0, 0.1) is 5.92 Å². The molecule has 1 N–H and O–H groups in total. The molecule has 1 aliphatic carbocycles. The van der Waals surface area contributed by atoms with Crippen LogP contribution in [0.3, 0.4) is 0 Å². The normalized spacial score (nSPS) is 41.8. The molecule has 0 amide bonds. The predicted molar refractivity (Wildman–Crippen MR) is 64.7 cm³/mol. The van der Waals surface area contributed by atoms with Gasteiger partial charge in [0.2, 0.25) is 0 Å². The van der Waals surface area contributed by atoms with E-state index >= 15 is 0 Å². The van der Waals surface area contributed by atoms with Crippen molar-refractivity contribution in [1.82, 2.24) is 5.32 Å². The lowest BCUT2D eigenvalue weighted by atomic mass is 9.83. The Labute approximate surface area is 92.4 Å². The minimum atomic E-state index is 0.361. The Hall–Kier alpha value is 0.310. The first kappa shape index (κ1) is 10.8. The van der Waals surface area contributed by atoms with Gasteiger partial charge in [0.25, 0.3) is 0 Å². The lowest BCUT2D eigenvalue weighted by Crippen LogP contribution is -2.49. The fourth-order valence-electron chi connectivity index (χ4n) is 2.95. The van der Waals surface area contributed by atoms with Gasteiger partial charge in [0.15, 0.2) is 0 Å². The second-order valence-electron chi connectivity index (χ2n) is 5.66. The van der Waals surface area contributed by atoms with Crippen LogP contribution in [0.5, 0.6) is 0 Å². The summed E-state index contributed by atoms with van der Waals surface area (Å²) in [4.78, 5) is 0.447. The van der Waals surface area contributed by atoms with Gasteiger partial charge in [0.1, 0.15) is 0 Å². The second-order valence-corrected chi connectivity index (χ2v) is 7.02. The summed E-state index contributed by atoms with van der Waals surface area (Å²) in [5, 5.41) is 3.87. The highest BCUT2D eigenvalue weighted by molar-refractivity contribution is 8.00. The van der Waals surface area contributed by atoms with Crippen LogP contribution < -0.4 is 5.32 Å². The van der Waals surface area contributed by atoms with E-state index in [9.17, 15) is 0 Å². The smallest absolute Gasteiger partial charge is 0.0652 e. The molecule has 1 saturated heterocycles. The van der Waals surface area contributed by atoms with Crippen molar-refractivity contribution in [3.63, 3.8) is 0 Å². The molecule has 0 bridgehead atoms. The Morgan fingerprint density at radius 3 is 2.79 bits per heavy atom. The van der Waals surface area contributed by atoms with Crippen LogP contribution >= 0.6 is 11.8 Å². The highest BCUT2D eigenvalue weighted by Gasteiger charge is 2.45. The van der Waals surface area contributed by atoms with Crippen LogP contribution in [0.1, 0.15) is 52.9 Å². The van der Waals surface area contributed by atoms with Crippen molar-refractivity contribution in [3.8, 4) is 0 Å². The summed E-state index contributed by atoms with van der Waals surface area (Å²) in [6, 6.07) is 0. The van der Waals surface area contributed by atoms with E-state index in [0.29, 0.717) is 10.4 Å². The Balaban J connectivity index is 2.02. The van der Waals surface area contributed by atoms with Crippen LogP contribution in [0.15, 0.2) is 0 Å². The summed E-state index contributed by atoms with van der Waals surface area (Å²) in [6.07, 6.45) is 7.04. The average Bonchev–Trinajstić information content (AvgIpc) is 2.42. The molecule has 1 nitrogen and oxygen atoms in total. The first-order valence-electron chi connectivity index (χ1n) is 5.99. The van der Waals surface area contributed by atoms with Crippen LogP contribution in [-0.4, -0.2) is 16.2 Å². The molecule has 2 unspecified atom stereocenters. The van der Waals surface area contributed by atoms with Gasteiger partial charge in [-0.2, -0.15) is 0 Å². The molecule has 0 radical (unpaired) electrons. The maximum atomic E-state index is 3.87. The molecular formula is C12H23NS. The Bertz CT molecular complexity index is 214. The third kappa shape index (κ3) is 2.11. The van der Waals surface area contributed by atoms with Crippen molar-refractivity contribution in [2.24, 2.45) is 5.92 Å². The van der Waals surface area contributed by atoms with E-state index in [2.05, 4.69) is 37.8 Å². The first-order valence-corrected chi connectivity index (χ1v) is 6.97. The molecule has 14 heavy (non-hydrogen) atoms. The van der Waals surface area contributed by atoms with Crippen LogP contribution in [0.4, 0.5) is 0 Å². The zero-order valence-corrected chi connectivity index (χ0v) is 10.5. The van der Waals surface area contributed by atoms with Gasteiger partial charge in [0.05, 0.1) is 4.87 Å². The number of thioether (sulfide) groups is 1. The maximum absolute atomic E-state index is 3.87. The molecule has 1 saturated carbocycles. The van der Waals surface area contributed by atoms with Gasteiger partial charge in [-0.3, -0.25) is 5.32 Å². The van der Waals surface area contributed by atoms with E-state index in [1.165, 1.54) is 37.9 Å². The molecule has 1 heterocycles. The molecule has 2 fully saturated rings. The topological polar surface area (TPSA) is 12.0 Å². The summed E-state index contributed by atoms with van der Waals surface area (Å²) in [6.45, 7) is 7.02. The van der Waals surface area contributed by atoms with E-state index in [-0.39, 0.29) is 0 Å². The highest BCUT2D eigenvalue weighted by Crippen LogP contribution is 2.47. The van der Waals surface area contributed by atoms with Crippen molar-refractivity contribution < 1.29 is 0 Å². The molecule has 1 spiro atoms. The quantitative estimate of drug-likeness (QED) is 0.716. The van der Waals surface area contributed by atoms with Gasteiger partial charge < -0.3 is 0 Å². The third-order valence-corrected chi connectivity index (χ3v) is 5.56. The fourth-order valence-corrected chi connectivity index (χ4v) is 4.65. The van der Waals surface area contributed by atoms with Gasteiger partial charge in [-0.25, -0.2) is 0 Å². The van der Waals surface area contributed by atoms with Gasteiger partial charge in [0, 0.05) is 11.3 Å². The number of nitrogens with one attached hydrogen (secondary N) is 1. The van der Waals surface area contributed by atoms with Gasteiger partial charge in [-0.1, -0.05) is 26.2 Å². The summed E-state index contributed by atoms with van der Waals surface area (Å²) in [7, 11) is 0. The fraction of sp³-hybridized carbons (Fsp3) is 1.00. The average molecular weight is 213 g/mol. The van der Waals surface area contributed by atoms with Gasteiger partial charge in [-0.05, 0) is 32.6 Å². The van der Waals surface area contributed by atoms with E-state index in [1.807, 2.05) is 0 Å². The number of rotatable bonds is 1. The molecule has 0 aromatic heterocycles. The van der Waals surface area contributed by atoms with Crippen molar-refractivity contribution in [3.05, 3.63) is 0 Å². The van der Waals surface area contributed by atoms with Crippen molar-refractivity contribution in [1.29, 1.82) is 0 Å². The first-order chi connectivity index (χ1) is 6.55. The zero-order chi connectivity index (χ0) is 10.2. The Morgan fingerprint density at radius 1 is 1.43 bits per heavy atom. The number of hydrogen-bond donors (Lipinski definition) is 1. The predicted octanol–water partition coefficient (Wildman–Crippen LogP) is 3.40. The van der Waals surface area contributed by atoms with Crippen molar-refractivity contribution in [2.75, 3.05) is 5.75 Å². The van der Waals surface area contributed by atoms with Crippen LogP contribution in [0.25, 0.3) is 0 Å². The number of hydrogen-bond acceptors (Lipinski definition) is 2. The summed E-state index contributed by atoms with van der Waals surface area (Å²) >= 11 is 2.18. The molecule has 1 aliphatic heterocycles. The lowest BCUT2D eigenvalue weighted by molar-refractivity contribution is 0.230. The molecule has 0 aromatic carbocycles. The largest absolute Gasteiger partial charge is 0.297 e. The molecule has 2 atom stereocenters. The zero-order valence-electron chi connectivity index (χ0n) is 9.73. The molecule has 82 valence electrons. The van der Waals surface area contributed by atoms with Gasteiger partial charge in [-0.15, -0.1) is 11.8 Å². The molecule has 2 aliphatic rings. The Morgan fingerprint density at radius 2 is 2.21 bits per heavy atom. The van der Waals surface area contributed by atoms with E-state index in [4.69, 9.17) is 0 Å². The molecule has 2 rings (SSSR count). The van der Waals surface area contributed by atoms with Crippen LogP contribution in [0.2, 0.25) is 0 Å². The summed E-state index contributed by atoms with van der Waals surface area (Å²) in [5.74, 6) is 2.25. The van der Waals surface area contributed by atoms with Gasteiger partial charge >= 0.3 is 0 Å². The molecule has 2 heteroatoms. The maximum Gasteiger partial charge on any atom is 0.0652 e. The second kappa shape index (κ2) is 3.71. The Kier molecular flexibility index (Phi) is 2.87. The standard InChI is InChI=1S/C12H23NS/c1-4-10-6-5-7-12(8-10)13-11(2,3)9-14-12/h10,13H,4-9H2,1-3H3. The van der Waals surface area contributed by atoms with E-state index < -0.39 is 0 Å². The van der Waals surface area contributed by atoms with E-state index in [1.54, 1.807) is 0 Å². The lowest BCUT2D eigenvalue weighted by Gasteiger charge is -2.39. The third-order valence-electron chi connectivity index (χ3n) is 3.66. The highest BCUT2D eigenvalue weighted by atomic mass is 32.2. The van der Waals surface area contributed by atoms with E-state index in [0.717, 1.165) is 5.92 Å². The molecular weight excluding hydrogens is 190 g/mol. The van der Waals surface area contributed by atoms with Crippen molar-refractivity contribution in [2.45, 2.75) is 63.3 Å². The summed E-state index contributed by atoms with van der Waals surface area (Å²) < 4.78 is 0. The minimum absolute atomic E-state index is 0.361. The summed E-state index contributed by atoms with van der Waals surface area (Å²) in [5.41, 5.74) is 0.361. The minimum Gasteiger partial charge on any atom is -0.297 e. The monoisotopic (exact) mass is 213 g/mol. The van der Waals surface area contributed by atoms with Crippen LogP contribution in [-0.2, 0) is 0 Å².